The maximum Gasteiger partial charge on any atom is 0.251 e. The lowest BCUT2D eigenvalue weighted by molar-refractivity contribution is -0.119. The largest absolute Gasteiger partial charge is 0.352 e. The van der Waals surface area contributed by atoms with Crippen LogP contribution in [-0.2, 0) is 4.79 Å². The van der Waals surface area contributed by atoms with Gasteiger partial charge in [-0.05, 0) is 37.6 Å². The molecular formula is C14H21N3O2. The van der Waals surface area contributed by atoms with E-state index in [0.717, 1.165) is 5.56 Å². The molecule has 104 valence electrons. The normalized spacial score (nSPS) is 11.8. The van der Waals surface area contributed by atoms with Gasteiger partial charge in [-0.25, -0.2) is 0 Å². The maximum atomic E-state index is 11.7. The Hall–Kier alpha value is -1.88. The molecule has 2 amide bonds. The second-order valence-corrected chi connectivity index (χ2v) is 4.52. The first kappa shape index (κ1) is 15.2. The van der Waals surface area contributed by atoms with Gasteiger partial charge in [-0.3, -0.25) is 9.59 Å². The van der Waals surface area contributed by atoms with Gasteiger partial charge in [0.2, 0.25) is 5.91 Å². The molecular weight excluding hydrogens is 242 g/mol. The highest BCUT2D eigenvalue weighted by Crippen LogP contribution is 2.17. The first-order chi connectivity index (χ1) is 8.99. The molecule has 5 heteroatoms. The third-order valence-corrected chi connectivity index (χ3v) is 2.88. The van der Waals surface area contributed by atoms with Gasteiger partial charge < -0.3 is 16.4 Å². The van der Waals surface area contributed by atoms with Crippen molar-refractivity contribution in [3.05, 3.63) is 29.3 Å². The molecule has 5 nitrogen and oxygen atoms in total. The summed E-state index contributed by atoms with van der Waals surface area (Å²) >= 11 is 0. The lowest BCUT2D eigenvalue weighted by atomic mass is 10.1. The third-order valence-electron chi connectivity index (χ3n) is 2.88. The number of aryl methyl sites for hydroxylation is 1. The molecule has 1 unspecified atom stereocenters. The smallest absolute Gasteiger partial charge is 0.251 e. The Labute approximate surface area is 113 Å². The van der Waals surface area contributed by atoms with E-state index in [1.165, 1.54) is 0 Å². The summed E-state index contributed by atoms with van der Waals surface area (Å²) in [5.41, 5.74) is 7.59. The molecule has 0 fully saturated rings. The summed E-state index contributed by atoms with van der Waals surface area (Å²) in [5.74, 6) is -0.461. The number of nitrogens with one attached hydrogen (secondary N) is 2. The Bertz CT molecular complexity index is 472. The van der Waals surface area contributed by atoms with Crippen LogP contribution in [0.25, 0.3) is 0 Å². The van der Waals surface area contributed by atoms with Gasteiger partial charge in [0.1, 0.15) is 0 Å². The zero-order chi connectivity index (χ0) is 14.4. The Balaban J connectivity index is 2.83. The van der Waals surface area contributed by atoms with Crippen molar-refractivity contribution in [2.45, 2.75) is 20.8 Å². The van der Waals surface area contributed by atoms with Crippen molar-refractivity contribution in [2.24, 2.45) is 11.7 Å². The summed E-state index contributed by atoms with van der Waals surface area (Å²) in [6.45, 7) is 6.39. The lowest BCUT2D eigenvalue weighted by Crippen LogP contribution is -2.27. The summed E-state index contributed by atoms with van der Waals surface area (Å²) in [7, 11) is 0. The van der Waals surface area contributed by atoms with Gasteiger partial charge in [-0.15, -0.1) is 0 Å². The lowest BCUT2D eigenvalue weighted by Gasteiger charge is -2.13. The molecule has 4 N–H and O–H groups in total. The fraction of sp³-hybridized carbons (Fsp3) is 0.429. The number of hydrogen-bond acceptors (Lipinski definition) is 3. The molecule has 1 rings (SSSR count). The van der Waals surface area contributed by atoms with Crippen molar-refractivity contribution in [2.75, 3.05) is 18.4 Å². The van der Waals surface area contributed by atoms with Crippen LogP contribution in [-0.4, -0.2) is 24.9 Å². The minimum Gasteiger partial charge on any atom is -0.352 e. The van der Waals surface area contributed by atoms with Gasteiger partial charge >= 0.3 is 0 Å². The minimum absolute atomic E-state index is 0.112. The summed E-state index contributed by atoms with van der Waals surface area (Å²) in [5, 5.41) is 5.54. The van der Waals surface area contributed by atoms with Crippen molar-refractivity contribution < 1.29 is 9.59 Å². The van der Waals surface area contributed by atoms with E-state index in [1.54, 1.807) is 25.1 Å². The topological polar surface area (TPSA) is 84.2 Å². The predicted octanol–water partition coefficient (Wildman–Crippen LogP) is 1.28. The van der Waals surface area contributed by atoms with Crippen LogP contribution in [0.2, 0.25) is 0 Å². The van der Waals surface area contributed by atoms with E-state index in [1.807, 2.05) is 13.8 Å². The van der Waals surface area contributed by atoms with Gasteiger partial charge in [0.15, 0.2) is 0 Å². The van der Waals surface area contributed by atoms with Gasteiger partial charge in [0.05, 0.1) is 0 Å². The molecule has 0 aliphatic carbocycles. The second kappa shape index (κ2) is 6.89. The third kappa shape index (κ3) is 4.06. The molecule has 1 aromatic rings. The van der Waals surface area contributed by atoms with E-state index >= 15 is 0 Å². The number of anilines is 1. The quantitative estimate of drug-likeness (QED) is 0.748. The highest BCUT2D eigenvalue weighted by molar-refractivity contribution is 5.97. The molecule has 0 saturated heterocycles. The molecule has 0 aliphatic heterocycles. The molecule has 0 bridgehead atoms. The number of benzene rings is 1. The molecule has 0 saturated carbocycles. The minimum atomic E-state index is -0.234. The van der Waals surface area contributed by atoms with Crippen LogP contribution in [0.3, 0.4) is 0 Å². The summed E-state index contributed by atoms with van der Waals surface area (Å²) in [4.78, 5) is 23.4. The summed E-state index contributed by atoms with van der Waals surface area (Å²) in [6, 6.07) is 5.19. The van der Waals surface area contributed by atoms with Crippen molar-refractivity contribution in [1.29, 1.82) is 0 Å². The second-order valence-electron chi connectivity index (χ2n) is 4.52. The Morgan fingerprint density at radius 3 is 2.58 bits per heavy atom. The van der Waals surface area contributed by atoms with Gasteiger partial charge in [0, 0.05) is 30.3 Å². The van der Waals surface area contributed by atoms with E-state index < -0.39 is 0 Å². The van der Waals surface area contributed by atoms with Gasteiger partial charge in [0.25, 0.3) is 5.91 Å². The van der Waals surface area contributed by atoms with E-state index in [0.29, 0.717) is 24.3 Å². The zero-order valence-electron chi connectivity index (χ0n) is 11.6. The van der Waals surface area contributed by atoms with Crippen LogP contribution in [0, 0.1) is 12.8 Å². The maximum absolute atomic E-state index is 11.7. The number of nitrogens with two attached hydrogens (primary N) is 1. The van der Waals surface area contributed by atoms with Crippen LogP contribution < -0.4 is 16.4 Å². The Morgan fingerprint density at radius 1 is 1.37 bits per heavy atom. The zero-order valence-corrected chi connectivity index (χ0v) is 11.6. The summed E-state index contributed by atoms with van der Waals surface area (Å²) < 4.78 is 0. The van der Waals surface area contributed by atoms with Gasteiger partial charge in [-0.2, -0.15) is 0 Å². The van der Waals surface area contributed by atoms with Crippen molar-refractivity contribution in [3.8, 4) is 0 Å². The first-order valence-corrected chi connectivity index (χ1v) is 6.39. The monoisotopic (exact) mass is 263 g/mol. The molecule has 0 heterocycles. The van der Waals surface area contributed by atoms with Crippen LogP contribution in [0.4, 0.5) is 5.69 Å². The van der Waals surface area contributed by atoms with Crippen LogP contribution in [0.1, 0.15) is 29.8 Å². The van der Waals surface area contributed by atoms with Crippen molar-refractivity contribution in [1.82, 2.24) is 5.32 Å². The predicted molar refractivity (Wildman–Crippen MR) is 76.0 cm³/mol. The number of carbonyl (C=O) groups is 2. The molecule has 0 spiro atoms. The van der Waals surface area contributed by atoms with Crippen LogP contribution >= 0.6 is 0 Å². The van der Waals surface area contributed by atoms with E-state index in [9.17, 15) is 9.59 Å². The highest BCUT2D eigenvalue weighted by atomic mass is 16.2. The average molecular weight is 263 g/mol. The molecule has 0 aliphatic rings. The van der Waals surface area contributed by atoms with Crippen LogP contribution in [0.15, 0.2) is 18.2 Å². The van der Waals surface area contributed by atoms with E-state index in [-0.39, 0.29) is 17.7 Å². The standard InChI is InChI=1S/C14H21N3O2/c1-4-16-14(19)11-5-6-12(9(2)7-11)17-13(18)10(3)8-15/h5-7,10H,4,8,15H2,1-3H3,(H,16,19)(H,17,18). The fourth-order valence-corrected chi connectivity index (χ4v) is 1.57. The number of rotatable bonds is 5. The number of hydrogen-bond donors (Lipinski definition) is 3. The van der Waals surface area contributed by atoms with Crippen molar-refractivity contribution >= 4 is 17.5 Å². The Morgan fingerprint density at radius 2 is 2.05 bits per heavy atom. The molecule has 19 heavy (non-hydrogen) atoms. The highest BCUT2D eigenvalue weighted by Gasteiger charge is 2.13. The van der Waals surface area contributed by atoms with Crippen molar-refractivity contribution in [3.63, 3.8) is 0 Å². The van der Waals surface area contributed by atoms with E-state index in [4.69, 9.17) is 5.73 Å². The Kier molecular flexibility index (Phi) is 5.51. The van der Waals surface area contributed by atoms with Crippen LogP contribution in [0.5, 0.6) is 0 Å². The van der Waals surface area contributed by atoms with Gasteiger partial charge in [-0.1, -0.05) is 6.92 Å². The first-order valence-electron chi connectivity index (χ1n) is 6.39. The SMILES string of the molecule is CCNC(=O)c1ccc(NC(=O)C(C)CN)c(C)c1. The van der Waals surface area contributed by atoms with E-state index in [2.05, 4.69) is 10.6 Å². The number of amides is 2. The average Bonchev–Trinajstić information content (AvgIpc) is 2.40. The molecule has 1 aromatic carbocycles. The molecule has 0 aromatic heterocycles. The molecule has 1 atom stereocenters. The fourth-order valence-electron chi connectivity index (χ4n) is 1.57. The molecule has 0 radical (unpaired) electrons. The summed E-state index contributed by atoms with van der Waals surface area (Å²) in [6.07, 6.45) is 0. The number of carbonyl (C=O) groups excluding carboxylic acids is 2.